The molecule has 2 rings (SSSR count). The standard InChI is InChI=1S/C12H23N/c1-7(2)11-9-5-6-10(13-9)12(11)8(3)4/h7-13H,5-6H2,1-4H3. The van der Waals surface area contributed by atoms with Gasteiger partial charge >= 0.3 is 0 Å². The highest BCUT2D eigenvalue weighted by atomic mass is 15.1. The van der Waals surface area contributed by atoms with Crippen molar-refractivity contribution in [3.8, 4) is 0 Å². The molecule has 0 aromatic heterocycles. The maximum Gasteiger partial charge on any atom is 0.0104 e. The molecular formula is C12H23N. The van der Waals surface area contributed by atoms with Crippen LogP contribution in [0.25, 0.3) is 0 Å². The molecule has 0 saturated carbocycles. The molecule has 76 valence electrons. The molecule has 0 aromatic rings. The zero-order valence-electron chi connectivity index (χ0n) is 9.38. The normalized spacial score (nSPS) is 43.8. The Morgan fingerprint density at radius 1 is 0.846 bits per heavy atom. The molecule has 0 spiro atoms. The van der Waals surface area contributed by atoms with Crippen molar-refractivity contribution in [1.29, 1.82) is 0 Å². The highest BCUT2D eigenvalue weighted by Gasteiger charge is 2.48. The molecule has 4 atom stereocenters. The van der Waals surface area contributed by atoms with Crippen LogP contribution in [0.5, 0.6) is 0 Å². The Balaban J connectivity index is 2.15. The second-order valence-electron chi connectivity index (χ2n) is 5.60. The Labute approximate surface area is 82.3 Å². The van der Waals surface area contributed by atoms with Gasteiger partial charge in [0.15, 0.2) is 0 Å². The van der Waals surface area contributed by atoms with Crippen LogP contribution in [0.2, 0.25) is 0 Å². The quantitative estimate of drug-likeness (QED) is 0.690. The fraction of sp³-hybridized carbons (Fsp3) is 1.00. The van der Waals surface area contributed by atoms with Gasteiger partial charge in [0.2, 0.25) is 0 Å². The van der Waals surface area contributed by atoms with Crippen molar-refractivity contribution >= 4 is 0 Å². The second kappa shape index (κ2) is 3.27. The lowest BCUT2D eigenvalue weighted by atomic mass is 9.69. The fourth-order valence-electron chi connectivity index (χ4n) is 3.76. The third-order valence-electron chi connectivity index (χ3n) is 4.13. The molecule has 1 N–H and O–H groups in total. The predicted molar refractivity (Wildman–Crippen MR) is 56.6 cm³/mol. The number of fused-ring (bicyclic) bond motifs is 2. The lowest BCUT2D eigenvalue weighted by molar-refractivity contribution is 0.171. The molecule has 2 heterocycles. The van der Waals surface area contributed by atoms with Crippen molar-refractivity contribution in [2.75, 3.05) is 0 Å². The van der Waals surface area contributed by atoms with Gasteiger partial charge in [0, 0.05) is 12.1 Å². The Kier molecular flexibility index (Phi) is 2.39. The maximum atomic E-state index is 3.79. The first-order chi connectivity index (χ1) is 6.11. The molecular weight excluding hydrogens is 158 g/mol. The number of hydrogen-bond donors (Lipinski definition) is 1. The summed E-state index contributed by atoms with van der Waals surface area (Å²) in [6.45, 7) is 9.57. The van der Waals surface area contributed by atoms with Crippen molar-refractivity contribution < 1.29 is 0 Å². The van der Waals surface area contributed by atoms with Crippen LogP contribution in [0, 0.1) is 23.7 Å². The lowest BCUT2D eigenvalue weighted by Crippen LogP contribution is -2.34. The van der Waals surface area contributed by atoms with Crippen molar-refractivity contribution in [1.82, 2.24) is 5.32 Å². The summed E-state index contributed by atoms with van der Waals surface area (Å²) in [5, 5.41) is 3.79. The average Bonchev–Trinajstić information content (AvgIpc) is 2.60. The average molecular weight is 181 g/mol. The summed E-state index contributed by atoms with van der Waals surface area (Å²) in [6.07, 6.45) is 2.85. The van der Waals surface area contributed by atoms with Crippen LogP contribution in [0.3, 0.4) is 0 Å². The van der Waals surface area contributed by atoms with Gasteiger partial charge in [0.25, 0.3) is 0 Å². The Bertz CT molecular complexity index is 166. The van der Waals surface area contributed by atoms with Crippen molar-refractivity contribution in [3.05, 3.63) is 0 Å². The molecule has 0 amide bonds. The molecule has 2 saturated heterocycles. The van der Waals surface area contributed by atoms with E-state index in [2.05, 4.69) is 33.0 Å². The summed E-state index contributed by atoms with van der Waals surface area (Å²) >= 11 is 0. The SMILES string of the molecule is CC(C)C1C2CCC(N2)C1C(C)C. The van der Waals surface area contributed by atoms with Crippen LogP contribution in [0.4, 0.5) is 0 Å². The first-order valence-corrected chi connectivity index (χ1v) is 5.87. The van der Waals surface area contributed by atoms with Gasteiger partial charge in [-0.3, -0.25) is 0 Å². The van der Waals surface area contributed by atoms with Crippen LogP contribution < -0.4 is 5.32 Å². The van der Waals surface area contributed by atoms with E-state index in [4.69, 9.17) is 0 Å². The summed E-state index contributed by atoms with van der Waals surface area (Å²) < 4.78 is 0. The molecule has 0 aromatic carbocycles. The minimum absolute atomic E-state index is 0.845. The molecule has 4 unspecified atom stereocenters. The van der Waals surface area contributed by atoms with Gasteiger partial charge in [-0.1, -0.05) is 27.7 Å². The first kappa shape index (κ1) is 9.51. The van der Waals surface area contributed by atoms with Crippen molar-refractivity contribution in [2.24, 2.45) is 23.7 Å². The number of nitrogens with one attached hydrogen (secondary N) is 1. The van der Waals surface area contributed by atoms with Crippen LogP contribution in [0.1, 0.15) is 40.5 Å². The van der Waals surface area contributed by atoms with Gasteiger partial charge in [-0.2, -0.15) is 0 Å². The van der Waals surface area contributed by atoms with E-state index in [9.17, 15) is 0 Å². The third-order valence-corrected chi connectivity index (χ3v) is 4.13. The highest BCUT2D eigenvalue weighted by Crippen LogP contribution is 2.45. The largest absolute Gasteiger partial charge is 0.311 e. The van der Waals surface area contributed by atoms with E-state index in [1.165, 1.54) is 12.8 Å². The second-order valence-corrected chi connectivity index (χ2v) is 5.60. The van der Waals surface area contributed by atoms with Gasteiger partial charge in [-0.15, -0.1) is 0 Å². The van der Waals surface area contributed by atoms with Crippen LogP contribution >= 0.6 is 0 Å². The summed E-state index contributed by atoms with van der Waals surface area (Å²) in [7, 11) is 0. The van der Waals surface area contributed by atoms with Gasteiger partial charge in [-0.05, 0) is 36.5 Å². The molecule has 0 radical (unpaired) electrons. The molecule has 2 aliphatic heterocycles. The number of rotatable bonds is 2. The van der Waals surface area contributed by atoms with E-state index in [-0.39, 0.29) is 0 Å². The van der Waals surface area contributed by atoms with E-state index in [1.54, 1.807) is 0 Å². The van der Waals surface area contributed by atoms with E-state index in [0.29, 0.717) is 0 Å². The number of hydrogen-bond acceptors (Lipinski definition) is 1. The lowest BCUT2D eigenvalue weighted by Gasteiger charge is -2.35. The van der Waals surface area contributed by atoms with Crippen molar-refractivity contribution in [3.63, 3.8) is 0 Å². The molecule has 1 nitrogen and oxygen atoms in total. The molecule has 2 aliphatic rings. The highest BCUT2D eigenvalue weighted by molar-refractivity contribution is 5.04. The Hall–Kier alpha value is -0.0400. The third kappa shape index (κ3) is 1.41. The van der Waals surface area contributed by atoms with Gasteiger partial charge < -0.3 is 5.32 Å². The molecule has 13 heavy (non-hydrogen) atoms. The van der Waals surface area contributed by atoms with Gasteiger partial charge in [0.1, 0.15) is 0 Å². The summed E-state index contributed by atoms with van der Waals surface area (Å²) in [5.41, 5.74) is 0. The van der Waals surface area contributed by atoms with Gasteiger partial charge in [0.05, 0.1) is 0 Å². The van der Waals surface area contributed by atoms with E-state index >= 15 is 0 Å². The molecule has 2 bridgehead atoms. The van der Waals surface area contributed by atoms with Gasteiger partial charge in [-0.25, -0.2) is 0 Å². The minimum atomic E-state index is 0.845. The van der Waals surface area contributed by atoms with E-state index in [1.807, 2.05) is 0 Å². The summed E-state index contributed by atoms with van der Waals surface area (Å²) in [5.74, 6) is 3.60. The first-order valence-electron chi connectivity index (χ1n) is 5.87. The monoisotopic (exact) mass is 181 g/mol. The summed E-state index contributed by atoms with van der Waals surface area (Å²) in [4.78, 5) is 0. The zero-order chi connectivity index (χ0) is 9.59. The van der Waals surface area contributed by atoms with E-state index < -0.39 is 0 Å². The predicted octanol–water partition coefficient (Wildman–Crippen LogP) is 2.67. The smallest absolute Gasteiger partial charge is 0.0104 e. The zero-order valence-corrected chi connectivity index (χ0v) is 9.38. The summed E-state index contributed by atoms with van der Waals surface area (Å²) in [6, 6.07) is 1.69. The van der Waals surface area contributed by atoms with Crippen LogP contribution in [0.15, 0.2) is 0 Å². The minimum Gasteiger partial charge on any atom is -0.311 e. The van der Waals surface area contributed by atoms with Crippen LogP contribution in [-0.4, -0.2) is 12.1 Å². The molecule has 1 heteroatoms. The molecule has 2 fully saturated rings. The Morgan fingerprint density at radius 2 is 1.23 bits per heavy atom. The van der Waals surface area contributed by atoms with Crippen LogP contribution in [-0.2, 0) is 0 Å². The van der Waals surface area contributed by atoms with Crippen molar-refractivity contribution in [2.45, 2.75) is 52.6 Å². The maximum absolute atomic E-state index is 3.79. The fourth-order valence-corrected chi connectivity index (χ4v) is 3.76. The van der Waals surface area contributed by atoms with E-state index in [0.717, 1.165) is 35.8 Å². The topological polar surface area (TPSA) is 12.0 Å². The molecule has 0 aliphatic carbocycles. The Morgan fingerprint density at radius 3 is 1.54 bits per heavy atom.